The molecule has 1 unspecified atom stereocenters. The van der Waals surface area contributed by atoms with Crippen molar-refractivity contribution in [3.05, 3.63) is 83.9 Å². The number of carbonyl (C=O) groups excluding carboxylic acids is 1. The van der Waals surface area contributed by atoms with Gasteiger partial charge in [0.15, 0.2) is 0 Å². The number of nitriles is 1. The summed E-state index contributed by atoms with van der Waals surface area (Å²) in [5, 5.41) is 24.0. The summed E-state index contributed by atoms with van der Waals surface area (Å²) >= 11 is 0. The predicted octanol–water partition coefficient (Wildman–Crippen LogP) is 4.22. The molecule has 1 aliphatic heterocycles. The first-order valence-corrected chi connectivity index (χ1v) is 13.7. The van der Waals surface area contributed by atoms with Gasteiger partial charge >= 0.3 is 12.0 Å². The van der Waals surface area contributed by atoms with Crippen LogP contribution in [0, 0.1) is 11.3 Å². The first-order valence-electron chi connectivity index (χ1n) is 12.3. The minimum atomic E-state index is -3.81. The standard InChI is InChI=1S/C28H28N4O5S/c29-19-22-8-2-3-9-23(22)21-14-12-20(13-15-21)18-25(27(33)34)31-28(35)30-24-10-4-5-11-26(24)38(36,37)32-16-6-1-7-17-32/h2-5,8-15,25H,1,6-7,16-18H2,(H,33,34)(H2,30,31,35). The van der Waals surface area contributed by atoms with Crippen LogP contribution in [0.2, 0.25) is 0 Å². The van der Waals surface area contributed by atoms with E-state index in [-0.39, 0.29) is 17.0 Å². The smallest absolute Gasteiger partial charge is 0.326 e. The second-order valence-electron chi connectivity index (χ2n) is 9.01. The number of carboxylic acids is 1. The van der Waals surface area contributed by atoms with E-state index in [4.69, 9.17) is 0 Å². The van der Waals surface area contributed by atoms with Gasteiger partial charge in [0.2, 0.25) is 10.0 Å². The van der Waals surface area contributed by atoms with Crippen LogP contribution in [0.4, 0.5) is 10.5 Å². The molecule has 9 nitrogen and oxygen atoms in total. The summed E-state index contributed by atoms with van der Waals surface area (Å²) in [6, 6.07) is 20.5. The Morgan fingerprint density at radius 3 is 2.29 bits per heavy atom. The van der Waals surface area contributed by atoms with Crippen molar-refractivity contribution in [3.8, 4) is 17.2 Å². The number of nitrogens with one attached hydrogen (secondary N) is 2. The number of hydrogen-bond donors (Lipinski definition) is 3. The van der Waals surface area contributed by atoms with Crippen molar-refractivity contribution >= 4 is 27.7 Å². The van der Waals surface area contributed by atoms with Gasteiger partial charge < -0.3 is 15.7 Å². The molecule has 3 aromatic rings. The van der Waals surface area contributed by atoms with E-state index < -0.39 is 28.1 Å². The quantitative estimate of drug-likeness (QED) is 0.397. The Bertz CT molecular complexity index is 1460. The van der Waals surface area contributed by atoms with E-state index >= 15 is 0 Å². The van der Waals surface area contributed by atoms with Gasteiger partial charge in [-0.15, -0.1) is 0 Å². The number of benzene rings is 3. The maximum absolute atomic E-state index is 13.2. The number of sulfonamides is 1. The molecule has 0 saturated carbocycles. The fraction of sp³-hybridized carbons (Fsp3) is 0.250. The van der Waals surface area contributed by atoms with E-state index in [9.17, 15) is 28.4 Å². The minimum absolute atomic E-state index is 0.0106. The summed E-state index contributed by atoms with van der Waals surface area (Å²) in [6.45, 7) is 0.843. The molecule has 10 heteroatoms. The zero-order valence-electron chi connectivity index (χ0n) is 20.6. The molecule has 38 heavy (non-hydrogen) atoms. The van der Waals surface area contributed by atoms with Crippen LogP contribution in [0.5, 0.6) is 0 Å². The van der Waals surface area contributed by atoms with Gasteiger partial charge in [0.1, 0.15) is 10.9 Å². The number of amides is 2. The van der Waals surface area contributed by atoms with Crippen molar-refractivity contribution < 1.29 is 23.1 Å². The summed E-state index contributed by atoms with van der Waals surface area (Å²) in [5.41, 5.74) is 2.87. The molecule has 3 N–H and O–H groups in total. The molecule has 1 atom stereocenters. The first-order chi connectivity index (χ1) is 18.3. The van der Waals surface area contributed by atoms with Crippen LogP contribution in [0.1, 0.15) is 30.4 Å². The average Bonchev–Trinajstić information content (AvgIpc) is 2.93. The van der Waals surface area contributed by atoms with E-state index in [1.54, 1.807) is 48.5 Å². The molecule has 0 aromatic heterocycles. The summed E-state index contributed by atoms with van der Waals surface area (Å²) in [5.74, 6) is -1.23. The number of para-hydroxylation sites is 1. The summed E-state index contributed by atoms with van der Waals surface area (Å²) in [4.78, 5) is 24.6. The van der Waals surface area contributed by atoms with Crippen molar-refractivity contribution in [2.24, 2.45) is 0 Å². The van der Waals surface area contributed by atoms with Crippen molar-refractivity contribution in [1.29, 1.82) is 5.26 Å². The molecule has 0 bridgehead atoms. The molecule has 0 aliphatic carbocycles. The average molecular weight is 533 g/mol. The molecular weight excluding hydrogens is 504 g/mol. The monoisotopic (exact) mass is 532 g/mol. The van der Waals surface area contributed by atoms with Crippen LogP contribution < -0.4 is 10.6 Å². The van der Waals surface area contributed by atoms with E-state index in [1.807, 2.05) is 12.1 Å². The third-order valence-electron chi connectivity index (χ3n) is 6.42. The van der Waals surface area contributed by atoms with Crippen LogP contribution in [-0.4, -0.2) is 49.0 Å². The Morgan fingerprint density at radius 2 is 1.61 bits per heavy atom. The van der Waals surface area contributed by atoms with Gasteiger partial charge in [0.25, 0.3) is 0 Å². The van der Waals surface area contributed by atoms with Gasteiger partial charge in [-0.3, -0.25) is 0 Å². The maximum Gasteiger partial charge on any atom is 0.326 e. The Morgan fingerprint density at radius 1 is 0.947 bits per heavy atom. The molecule has 0 radical (unpaired) electrons. The summed E-state index contributed by atoms with van der Waals surface area (Å²) < 4.78 is 27.8. The summed E-state index contributed by atoms with van der Waals surface area (Å²) in [6.07, 6.45) is 2.54. The highest BCUT2D eigenvalue weighted by Crippen LogP contribution is 2.27. The fourth-order valence-electron chi connectivity index (χ4n) is 4.44. The van der Waals surface area contributed by atoms with Gasteiger partial charge in [-0.1, -0.05) is 61.0 Å². The van der Waals surface area contributed by atoms with Crippen molar-refractivity contribution in [2.45, 2.75) is 36.6 Å². The molecule has 2 amide bonds. The predicted molar refractivity (Wildman–Crippen MR) is 143 cm³/mol. The maximum atomic E-state index is 13.2. The fourth-order valence-corrected chi connectivity index (χ4v) is 6.11. The number of aliphatic carboxylic acids is 1. The molecular formula is C28H28N4O5S. The van der Waals surface area contributed by atoms with Crippen LogP contribution in [-0.2, 0) is 21.2 Å². The largest absolute Gasteiger partial charge is 0.480 e. The summed E-state index contributed by atoms with van der Waals surface area (Å²) in [7, 11) is -3.81. The molecule has 0 spiro atoms. The highest BCUT2D eigenvalue weighted by molar-refractivity contribution is 7.89. The lowest BCUT2D eigenvalue weighted by atomic mass is 9.97. The van der Waals surface area contributed by atoms with E-state index in [0.29, 0.717) is 24.2 Å². The van der Waals surface area contributed by atoms with E-state index in [1.165, 1.54) is 16.4 Å². The second-order valence-corrected chi connectivity index (χ2v) is 10.9. The van der Waals surface area contributed by atoms with Crippen molar-refractivity contribution in [3.63, 3.8) is 0 Å². The SMILES string of the molecule is N#Cc1ccccc1-c1ccc(CC(NC(=O)Nc2ccccc2S(=O)(=O)N2CCCCC2)C(=O)O)cc1. The number of hydrogen-bond acceptors (Lipinski definition) is 5. The van der Waals surface area contributed by atoms with Crippen molar-refractivity contribution in [2.75, 3.05) is 18.4 Å². The Labute approximate surface area is 221 Å². The molecule has 1 saturated heterocycles. The number of nitrogens with zero attached hydrogens (tertiary/aromatic N) is 2. The van der Waals surface area contributed by atoms with Crippen LogP contribution in [0.15, 0.2) is 77.7 Å². The van der Waals surface area contributed by atoms with E-state index in [0.717, 1.165) is 30.4 Å². The Kier molecular flexibility index (Phi) is 8.41. The second kappa shape index (κ2) is 11.9. The number of carboxylic acid groups (broad SMARTS) is 1. The number of rotatable bonds is 8. The molecule has 3 aromatic carbocycles. The lowest BCUT2D eigenvalue weighted by molar-refractivity contribution is -0.139. The Balaban J connectivity index is 1.46. The number of carbonyl (C=O) groups is 2. The van der Waals surface area contributed by atoms with Crippen LogP contribution in [0.25, 0.3) is 11.1 Å². The molecule has 1 heterocycles. The minimum Gasteiger partial charge on any atom is -0.480 e. The zero-order valence-corrected chi connectivity index (χ0v) is 21.4. The van der Waals surface area contributed by atoms with E-state index in [2.05, 4.69) is 16.7 Å². The first kappa shape index (κ1) is 26.9. The van der Waals surface area contributed by atoms with Crippen molar-refractivity contribution in [1.82, 2.24) is 9.62 Å². The van der Waals surface area contributed by atoms with Crippen LogP contribution >= 0.6 is 0 Å². The number of anilines is 1. The van der Waals surface area contributed by atoms with Gasteiger partial charge in [-0.2, -0.15) is 9.57 Å². The van der Waals surface area contributed by atoms with Gasteiger partial charge in [0, 0.05) is 19.5 Å². The lowest BCUT2D eigenvalue weighted by Crippen LogP contribution is -2.44. The topological polar surface area (TPSA) is 140 Å². The third-order valence-corrected chi connectivity index (χ3v) is 8.38. The zero-order chi connectivity index (χ0) is 27.1. The van der Waals surface area contributed by atoms with Gasteiger partial charge in [-0.25, -0.2) is 18.0 Å². The molecule has 4 rings (SSSR count). The number of piperidine rings is 1. The lowest BCUT2D eigenvalue weighted by Gasteiger charge is -2.27. The Hall–Kier alpha value is -4.20. The molecule has 1 aliphatic rings. The normalized spacial score (nSPS) is 14.7. The highest BCUT2D eigenvalue weighted by atomic mass is 32.2. The van der Waals surface area contributed by atoms with Crippen LogP contribution in [0.3, 0.4) is 0 Å². The van der Waals surface area contributed by atoms with Gasteiger partial charge in [-0.05, 0) is 47.7 Å². The van der Waals surface area contributed by atoms with Gasteiger partial charge in [0.05, 0.1) is 17.3 Å². The number of urea groups is 1. The molecule has 196 valence electrons. The molecule has 1 fully saturated rings. The third kappa shape index (κ3) is 6.19. The highest BCUT2D eigenvalue weighted by Gasteiger charge is 2.29.